The van der Waals surface area contributed by atoms with E-state index in [9.17, 15) is 14.4 Å². The molecule has 1 N–H and O–H groups in total. The fraction of sp³-hybridized carbons (Fsp3) is 0.350. The van der Waals surface area contributed by atoms with Gasteiger partial charge in [-0.25, -0.2) is 4.79 Å². The van der Waals surface area contributed by atoms with Crippen LogP contribution in [0.15, 0.2) is 24.3 Å². The minimum atomic E-state index is -0.592. The van der Waals surface area contributed by atoms with E-state index < -0.39 is 18.2 Å². The van der Waals surface area contributed by atoms with Gasteiger partial charge in [-0.05, 0) is 18.2 Å². The lowest BCUT2D eigenvalue weighted by Crippen LogP contribution is -2.48. The van der Waals surface area contributed by atoms with E-state index in [1.54, 1.807) is 23.1 Å². The van der Waals surface area contributed by atoms with Crippen molar-refractivity contribution in [2.24, 2.45) is 0 Å². The number of halogens is 2. The van der Waals surface area contributed by atoms with E-state index in [0.717, 1.165) is 11.3 Å². The molecule has 4 heterocycles. The second kappa shape index (κ2) is 8.43. The number of rotatable bonds is 4. The maximum Gasteiger partial charge on any atom is 0.415 e. The maximum absolute atomic E-state index is 12.6. The van der Waals surface area contributed by atoms with Crippen molar-refractivity contribution in [3.63, 3.8) is 0 Å². The summed E-state index contributed by atoms with van der Waals surface area (Å²) in [5, 5.41) is 3.07. The number of benzene rings is 1. The topological polar surface area (TPSA) is 97.4 Å². The highest BCUT2D eigenvalue weighted by Gasteiger charge is 2.46. The van der Waals surface area contributed by atoms with E-state index in [2.05, 4.69) is 5.32 Å². The lowest BCUT2D eigenvalue weighted by molar-refractivity contribution is -0.125. The Hall–Kier alpha value is -2.53. The normalized spacial score (nSPS) is 22.2. The van der Waals surface area contributed by atoms with Crippen LogP contribution in [0.3, 0.4) is 0 Å². The fourth-order valence-electron chi connectivity index (χ4n) is 3.89. The molecule has 9 nitrogen and oxygen atoms in total. The summed E-state index contributed by atoms with van der Waals surface area (Å²) in [6.07, 6.45) is -1.11. The van der Waals surface area contributed by atoms with Gasteiger partial charge in [-0.15, -0.1) is 11.3 Å². The summed E-state index contributed by atoms with van der Waals surface area (Å²) in [5.74, 6) is 0.00684. The number of amides is 3. The third kappa shape index (κ3) is 3.77. The summed E-state index contributed by atoms with van der Waals surface area (Å²) in [6, 6.07) is 6.33. The number of nitrogens with zero attached hydrogens (tertiary/aromatic N) is 2. The first-order valence-corrected chi connectivity index (χ1v) is 11.4. The van der Waals surface area contributed by atoms with Gasteiger partial charge in [-0.3, -0.25) is 14.5 Å². The van der Waals surface area contributed by atoms with E-state index in [0.29, 0.717) is 44.5 Å². The summed E-state index contributed by atoms with van der Waals surface area (Å²) in [6.45, 7) is 1.25. The first kappa shape index (κ1) is 21.3. The molecule has 0 bridgehead atoms. The van der Waals surface area contributed by atoms with Gasteiger partial charge in [-0.1, -0.05) is 23.2 Å². The summed E-state index contributed by atoms with van der Waals surface area (Å²) in [4.78, 5) is 40.6. The lowest BCUT2D eigenvalue weighted by Gasteiger charge is -2.33. The van der Waals surface area contributed by atoms with Crippen LogP contribution in [0.25, 0.3) is 0 Å². The molecule has 2 saturated heterocycles. The Morgan fingerprint density at radius 1 is 1.25 bits per heavy atom. The Morgan fingerprint density at radius 2 is 2.09 bits per heavy atom. The molecule has 2 fully saturated rings. The van der Waals surface area contributed by atoms with E-state index >= 15 is 0 Å². The molecule has 0 unspecified atom stereocenters. The number of carbonyl (C=O) groups is 3. The number of hydrogen-bond acceptors (Lipinski definition) is 7. The number of nitrogens with one attached hydrogen (secondary N) is 1. The number of fused-ring (bicyclic) bond motifs is 3. The predicted octanol–water partition coefficient (Wildman–Crippen LogP) is 2.93. The van der Waals surface area contributed by atoms with Crippen molar-refractivity contribution in [3.8, 4) is 5.75 Å². The summed E-state index contributed by atoms with van der Waals surface area (Å²) in [7, 11) is 0. The zero-order valence-corrected chi connectivity index (χ0v) is 18.8. The molecule has 3 aliphatic rings. The molecule has 168 valence electrons. The maximum atomic E-state index is 12.6. The lowest BCUT2D eigenvalue weighted by atomic mass is 10.1. The molecule has 32 heavy (non-hydrogen) atoms. The van der Waals surface area contributed by atoms with Crippen molar-refractivity contribution in [1.82, 2.24) is 5.32 Å². The van der Waals surface area contributed by atoms with Gasteiger partial charge in [0.1, 0.15) is 35.4 Å². The smallest absolute Gasteiger partial charge is 0.415 e. The molecule has 12 heteroatoms. The number of ether oxygens (including phenoxy) is 3. The van der Waals surface area contributed by atoms with Gasteiger partial charge >= 0.3 is 6.09 Å². The van der Waals surface area contributed by atoms with Crippen LogP contribution >= 0.6 is 34.5 Å². The Labute approximate surface area is 196 Å². The van der Waals surface area contributed by atoms with Crippen LogP contribution in [0.4, 0.5) is 16.2 Å². The summed E-state index contributed by atoms with van der Waals surface area (Å²) < 4.78 is 16.9. The highest BCUT2D eigenvalue weighted by atomic mass is 35.5. The molecule has 0 spiro atoms. The van der Waals surface area contributed by atoms with Crippen LogP contribution in [0.1, 0.15) is 9.67 Å². The van der Waals surface area contributed by atoms with Gasteiger partial charge in [0.2, 0.25) is 0 Å². The zero-order valence-electron chi connectivity index (χ0n) is 16.5. The van der Waals surface area contributed by atoms with Crippen molar-refractivity contribution in [2.75, 3.05) is 42.7 Å². The van der Waals surface area contributed by atoms with E-state index in [4.69, 9.17) is 37.4 Å². The predicted molar refractivity (Wildman–Crippen MR) is 118 cm³/mol. The van der Waals surface area contributed by atoms with Gasteiger partial charge < -0.3 is 24.4 Å². The SMILES string of the molecule is O=C(NC[C@@H]1OC(=O)N2c3ccc(N4CCOCC4=O)cc3OC[C@@H]12)c1cc(Cl)c(Cl)s1. The largest absolute Gasteiger partial charge is 0.489 e. The zero-order chi connectivity index (χ0) is 22.4. The molecular weight excluding hydrogens is 481 g/mol. The first-order valence-electron chi connectivity index (χ1n) is 9.80. The Bertz CT molecular complexity index is 1090. The van der Waals surface area contributed by atoms with Crippen molar-refractivity contribution in [3.05, 3.63) is 38.5 Å². The number of carbonyl (C=O) groups excluding carboxylic acids is 3. The quantitative estimate of drug-likeness (QED) is 0.697. The van der Waals surface area contributed by atoms with Gasteiger partial charge in [0.15, 0.2) is 0 Å². The molecule has 2 atom stereocenters. The molecule has 3 aliphatic heterocycles. The number of morpholine rings is 1. The average molecular weight is 498 g/mol. The van der Waals surface area contributed by atoms with E-state index in [1.165, 1.54) is 11.0 Å². The summed E-state index contributed by atoms with van der Waals surface area (Å²) in [5.41, 5.74) is 1.24. The van der Waals surface area contributed by atoms with Crippen molar-refractivity contribution >= 4 is 63.8 Å². The van der Waals surface area contributed by atoms with Crippen molar-refractivity contribution in [2.45, 2.75) is 12.1 Å². The van der Waals surface area contributed by atoms with Crippen LogP contribution < -0.4 is 19.9 Å². The molecule has 0 radical (unpaired) electrons. The van der Waals surface area contributed by atoms with Gasteiger partial charge in [0, 0.05) is 18.3 Å². The molecule has 0 saturated carbocycles. The third-order valence-corrected chi connectivity index (χ3v) is 7.32. The van der Waals surface area contributed by atoms with E-state index in [1.807, 2.05) is 0 Å². The minimum Gasteiger partial charge on any atom is -0.489 e. The second-order valence-corrected chi connectivity index (χ2v) is 9.42. The highest BCUT2D eigenvalue weighted by Crippen LogP contribution is 2.41. The van der Waals surface area contributed by atoms with Gasteiger partial charge in [0.25, 0.3) is 11.8 Å². The third-order valence-electron chi connectivity index (χ3n) is 5.45. The molecular formula is C20H17Cl2N3O6S. The van der Waals surface area contributed by atoms with Crippen LogP contribution in [0, 0.1) is 0 Å². The molecule has 1 aromatic carbocycles. The average Bonchev–Trinajstić information content (AvgIpc) is 3.30. The standard InChI is InChI=1S/C20H17Cl2N3O6S/c21-11-6-16(32-18(11)22)19(27)23-7-15-13-8-30-14-5-10(24-3-4-29-9-17(24)26)1-2-12(14)25(13)20(28)31-15/h1-2,5-6,13,15H,3-4,7-9H2,(H,23,27)/t13-,15-/m0/s1. The molecule has 5 rings (SSSR count). The van der Waals surface area contributed by atoms with Crippen LogP contribution in [-0.2, 0) is 14.3 Å². The molecule has 3 amide bonds. The van der Waals surface area contributed by atoms with Crippen molar-refractivity contribution < 1.29 is 28.6 Å². The number of cyclic esters (lactones) is 1. The monoisotopic (exact) mass is 497 g/mol. The van der Waals surface area contributed by atoms with E-state index in [-0.39, 0.29) is 31.6 Å². The van der Waals surface area contributed by atoms with Gasteiger partial charge in [0.05, 0.1) is 28.7 Å². The molecule has 1 aromatic heterocycles. The number of thiophene rings is 1. The van der Waals surface area contributed by atoms with Crippen LogP contribution in [0.5, 0.6) is 5.75 Å². The minimum absolute atomic E-state index is 0.0374. The highest BCUT2D eigenvalue weighted by molar-refractivity contribution is 7.18. The molecule has 2 aromatic rings. The van der Waals surface area contributed by atoms with Gasteiger partial charge in [-0.2, -0.15) is 0 Å². The van der Waals surface area contributed by atoms with Crippen LogP contribution in [0.2, 0.25) is 9.36 Å². The Morgan fingerprint density at radius 3 is 2.84 bits per heavy atom. The fourth-order valence-corrected chi connectivity index (χ4v) is 5.18. The molecule has 0 aliphatic carbocycles. The number of anilines is 2. The van der Waals surface area contributed by atoms with Crippen LogP contribution in [-0.4, -0.2) is 63.0 Å². The Kier molecular flexibility index (Phi) is 5.62. The van der Waals surface area contributed by atoms with Crippen molar-refractivity contribution in [1.29, 1.82) is 0 Å². The summed E-state index contributed by atoms with van der Waals surface area (Å²) >= 11 is 12.9. The Balaban J connectivity index is 1.30. The second-order valence-electron chi connectivity index (χ2n) is 7.36. The first-order chi connectivity index (χ1) is 15.4. The number of hydrogen-bond donors (Lipinski definition) is 1.